The van der Waals surface area contributed by atoms with E-state index >= 15 is 0 Å². The van der Waals surface area contributed by atoms with E-state index in [0.717, 1.165) is 10.6 Å². The van der Waals surface area contributed by atoms with Crippen LogP contribution in [0.25, 0.3) is 0 Å². The molecule has 0 spiro atoms. The highest BCUT2D eigenvalue weighted by atomic mass is 32.1. The fourth-order valence-electron chi connectivity index (χ4n) is 1.80. The summed E-state index contributed by atoms with van der Waals surface area (Å²) >= 11 is 1.41. The number of hydrogen-bond donors (Lipinski definition) is 2. The number of aromatic nitrogens is 1. The molecule has 1 amide bonds. The van der Waals surface area contributed by atoms with E-state index in [2.05, 4.69) is 16.4 Å². The Kier molecular flexibility index (Phi) is 4.29. The molecular formula is C14H17N3OS. The third-order valence-corrected chi connectivity index (χ3v) is 3.72. The van der Waals surface area contributed by atoms with Crippen LogP contribution in [-0.4, -0.2) is 10.9 Å². The average molecular weight is 275 g/mol. The van der Waals surface area contributed by atoms with Gasteiger partial charge in [0.1, 0.15) is 10.7 Å². The summed E-state index contributed by atoms with van der Waals surface area (Å²) in [5.74, 6) is -0.162. The van der Waals surface area contributed by atoms with E-state index in [1.807, 2.05) is 32.0 Å². The Labute approximate surface area is 116 Å². The molecule has 1 aromatic heterocycles. The molecule has 0 aliphatic heterocycles. The first-order valence-corrected chi connectivity index (χ1v) is 7.00. The first-order chi connectivity index (χ1) is 9.10. The minimum Gasteiger partial charge on any atom is -0.344 e. The third-order valence-electron chi connectivity index (χ3n) is 2.85. The molecule has 0 aliphatic carbocycles. The Hall–Kier alpha value is -1.72. The van der Waals surface area contributed by atoms with Gasteiger partial charge in [0.2, 0.25) is 0 Å². The highest BCUT2D eigenvalue weighted by Gasteiger charge is 2.14. The van der Waals surface area contributed by atoms with Gasteiger partial charge < -0.3 is 11.1 Å². The molecule has 0 saturated heterocycles. The summed E-state index contributed by atoms with van der Waals surface area (Å²) in [5.41, 5.74) is 8.19. The minimum atomic E-state index is -0.162. The van der Waals surface area contributed by atoms with Crippen molar-refractivity contribution in [3.8, 4) is 0 Å². The average Bonchev–Trinajstić information content (AvgIpc) is 2.87. The number of nitrogens with two attached hydrogens (primary N) is 1. The maximum Gasteiger partial charge on any atom is 0.271 e. The van der Waals surface area contributed by atoms with Gasteiger partial charge in [-0.25, -0.2) is 4.98 Å². The summed E-state index contributed by atoms with van der Waals surface area (Å²) in [6, 6.07) is 8.05. The number of carbonyl (C=O) groups excluding carboxylic acids is 1. The summed E-state index contributed by atoms with van der Waals surface area (Å²) < 4.78 is 0. The van der Waals surface area contributed by atoms with Crippen molar-refractivity contribution >= 4 is 17.2 Å². The van der Waals surface area contributed by atoms with Crippen LogP contribution in [0.3, 0.4) is 0 Å². The van der Waals surface area contributed by atoms with Crippen molar-refractivity contribution in [1.82, 2.24) is 10.3 Å². The van der Waals surface area contributed by atoms with Crippen LogP contribution in [0.1, 0.15) is 39.6 Å². The number of nitrogens with zero attached hydrogens (tertiary/aromatic N) is 1. The number of aryl methyl sites for hydroxylation is 1. The Morgan fingerprint density at radius 2 is 2.32 bits per heavy atom. The summed E-state index contributed by atoms with van der Waals surface area (Å²) in [6.45, 7) is 4.36. The fraction of sp³-hybridized carbons (Fsp3) is 0.286. The van der Waals surface area contributed by atoms with Gasteiger partial charge in [-0.3, -0.25) is 4.79 Å². The fourth-order valence-corrected chi connectivity index (χ4v) is 2.46. The highest BCUT2D eigenvalue weighted by Crippen LogP contribution is 2.15. The predicted octanol–water partition coefficient (Wildman–Crippen LogP) is 2.40. The van der Waals surface area contributed by atoms with Crippen molar-refractivity contribution in [3.05, 3.63) is 51.5 Å². The van der Waals surface area contributed by atoms with Crippen molar-refractivity contribution in [1.29, 1.82) is 0 Å². The zero-order chi connectivity index (χ0) is 13.8. The zero-order valence-corrected chi connectivity index (χ0v) is 11.8. The SMILES string of the molecule is Cc1cccc([C@@H](C)NC(=O)c2csc(CN)n2)c1. The van der Waals surface area contributed by atoms with Crippen LogP contribution in [0.2, 0.25) is 0 Å². The number of thiazole rings is 1. The second-order valence-electron chi connectivity index (χ2n) is 4.44. The molecule has 1 aromatic carbocycles. The van der Waals surface area contributed by atoms with E-state index in [1.54, 1.807) is 5.38 Å². The van der Waals surface area contributed by atoms with Crippen LogP contribution in [0, 0.1) is 6.92 Å². The maximum absolute atomic E-state index is 12.0. The Morgan fingerprint density at radius 3 is 2.95 bits per heavy atom. The van der Waals surface area contributed by atoms with Crippen molar-refractivity contribution in [2.75, 3.05) is 0 Å². The second-order valence-corrected chi connectivity index (χ2v) is 5.38. The largest absolute Gasteiger partial charge is 0.344 e. The summed E-state index contributed by atoms with van der Waals surface area (Å²) in [6.07, 6.45) is 0. The van der Waals surface area contributed by atoms with Crippen molar-refractivity contribution < 1.29 is 4.79 Å². The smallest absolute Gasteiger partial charge is 0.271 e. The van der Waals surface area contributed by atoms with E-state index in [9.17, 15) is 4.79 Å². The lowest BCUT2D eigenvalue weighted by molar-refractivity contribution is 0.0935. The predicted molar refractivity (Wildman–Crippen MR) is 77.1 cm³/mol. The number of benzene rings is 1. The van der Waals surface area contributed by atoms with Crippen LogP contribution in [0.15, 0.2) is 29.6 Å². The van der Waals surface area contributed by atoms with Crippen molar-refractivity contribution in [2.24, 2.45) is 5.73 Å². The van der Waals surface area contributed by atoms with Gasteiger partial charge in [-0.1, -0.05) is 29.8 Å². The summed E-state index contributed by atoms with van der Waals surface area (Å²) in [5, 5.41) is 5.45. The minimum absolute atomic E-state index is 0.0459. The number of hydrogen-bond acceptors (Lipinski definition) is 4. The molecule has 0 aliphatic rings. The lowest BCUT2D eigenvalue weighted by Gasteiger charge is -2.14. The van der Waals surface area contributed by atoms with E-state index in [0.29, 0.717) is 12.2 Å². The molecule has 19 heavy (non-hydrogen) atoms. The molecule has 0 unspecified atom stereocenters. The Bertz CT molecular complexity index is 580. The maximum atomic E-state index is 12.0. The quantitative estimate of drug-likeness (QED) is 0.900. The highest BCUT2D eigenvalue weighted by molar-refractivity contribution is 7.09. The van der Waals surface area contributed by atoms with E-state index in [-0.39, 0.29) is 11.9 Å². The van der Waals surface area contributed by atoms with Crippen molar-refractivity contribution in [3.63, 3.8) is 0 Å². The molecule has 1 atom stereocenters. The Balaban J connectivity index is 2.06. The van der Waals surface area contributed by atoms with E-state index < -0.39 is 0 Å². The van der Waals surface area contributed by atoms with Crippen LogP contribution in [0.4, 0.5) is 0 Å². The van der Waals surface area contributed by atoms with Crippen LogP contribution in [0.5, 0.6) is 0 Å². The summed E-state index contributed by atoms with van der Waals surface area (Å²) in [4.78, 5) is 16.2. The molecule has 0 fully saturated rings. The molecule has 4 nitrogen and oxygen atoms in total. The van der Waals surface area contributed by atoms with E-state index in [4.69, 9.17) is 5.73 Å². The monoisotopic (exact) mass is 275 g/mol. The molecule has 2 rings (SSSR count). The molecule has 0 saturated carbocycles. The lowest BCUT2D eigenvalue weighted by atomic mass is 10.1. The molecule has 2 aromatic rings. The van der Waals surface area contributed by atoms with Gasteiger partial charge in [0.15, 0.2) is 0 Å². The lowest BCUT2D eigenvalue weighted by Crippen LogP contribution is -2.27. The van der Waals surface area contributed by atoms with Gasteiger partial charge >= 0.3 is 0 Å². The van der Waals surface area contributed by atoms with Crippen LogP contribution >= 0.6 is 11.3 Å². The zero-order valence-electron chi connectivity index (χ0n) is 11.0. The van der Waals surface area contributed by atoms with E-state index in [1.165, 1.54) is 16.9 Å². The van der Waals surface area contributed by atoms with Gasteiger partial charge in [-0.2, -0.15) is 0 Å². The van der Waals surface area contributed by atoms with Gasteiger partial charge in [0.05, 0.1) is 6.04 Å². The molecule has 5 heteroatoms. The van der Waals surface area contributed by atoms with Gasteiger partial charge in [0.25, 0.3) is 5.91 Å². The standard InChI is InChI=1S/C14H17N3OS/c1-9-4-3-5-11(6-9)10(2)16-14(18)12-8-19-13(7-15)17-12/h3-6,8,10H,7,15H2,1-2H3,(H,16,18)/t10-/m1/s1. The Morgan fingerprint density at radius 1 is 1.53 bits per heavy atom. The number of carbonyl (C=O) groups is 1. The van der Waals surface area contributed by atoms with Gasteiger partial charge in [0, 0.05) is 11.9 Å². The first kappa shape index (κ1) is 13.7. The molecule has 0 bridgehead atoms. The molecule has 100 valence electrons. The topological polar surface area (TPSA) is 68.0 Å². The number of amides is 1. The number of rotatable bonds is 4. The normalized spacial score (nSPS) is 12.2. The second kappa shape index (κ2) is 5.95. The molecule has 0 radical (unpaired) electrons. The van der Waals surface area contributed by atoms with Gasteiger partial charge in [-0.05, 0) is 19.4 Å². The van der Waals surface area contributed by atoms with Crippen LogP contribution < -0.4 is 11.1 Å². The number of nitrogens with one attached hydrogen (secondary N) is 1. The van der Waals surface area contributed by atoms with Crippen LogP contribution in [-0.2, 0) is 6.54 Å². The first-order valence-electron chi connectivity index (χ1n) is 6.12. The molecular weight excluding hydrogens is 258 g/mol. The van der Waals surface area contributed by atoms with Crippen molar-refractivity contribution in [2.45, 2.75) is 26.4 Å². The molecule has 1 heterocycles. The van der Waals surface area contributed by atoms with Gasteiger partial charge in [-0.15, -0.1) is 11.3 Å². The summed E-state index contributed by atoms with van der Waals surface area (Å²) in [7, 11) is 0. The third kappa shape index (κ3) is 3.39. The molecule has 3 N–H and O–H groups in total.